The van der Waals surface area contributed by atoms with Crippen molar-refractivity contribution in [2.24, 2.45) is 0 Å². The molecule has 0 bridgehead atoms. The molecule has 0 aromatic carbocycles. The van der Waals surface area contributed by atoms with Crippen LogP contribution in [0.25, 0.3) is 0 Å². The van der Waals surface area contributed by atoms with Crippen molar-refractivity contribution in [1.29, 1.82) is 0 Å². The molecule has 6 heteroatoms. The van der Waals surface area contributed by atoms with E-state index in [0.717, 1.165) is 17.7 Å². The Morgan fingerprint density at radius 2 is 1.92 bits per heavy atom. The van der Waals surface area contributed by atoms with Gasteiger partial charge in [-0.2, -0.15) is 0 Å². The minimum Gasteiger partial charge on any atom is -0.353 e. The molecule has 24 heavy (non-hydrogen) atoms. The maximum Gasteiger partial charge on any atom is 0.222 e. The zero-order chi connectivity index (χ0) is 18.0. The van der Waals surface area contributed by atoms with Crippen molar-refractivity contribution in [3.63, 3.8) is 0 Å². The molecule has 3 N–H and O–H groups in total. The van der Waals surface area contributed by atoms with Crippen molar-refractivity contribution in [3.05, 3.63) is 22.4 Å². The minimum atomic E-state index is -0.259. The third-order valence-electron chi connectivity index (χ3n) is 4.21. The second-order valence-corrected chi connectivity index (χ2v) is 9.02. The van der Waals surface area contributed by atoms with Crippen LogP contribution in [-0.4, -0.2) is 28.9 Å². The first-order valence-electron chi connectivity index (χ1n) is 8.45. The van der Waals surface area contributed by atoms with Crippen LogP contribution in [0.3, 0.4) is 0 Å². The molecule has 0 radical (unpaired) electrons. The summed E-state index contributed by atoms with van der Waals surface area (Å²) < 4.78 is 0. The monoisotopic (exact) mass is 351 g/mol. The normalized spacial score (nSPS) is 21.0. The summed E-state index contributed by atoms with van der Waals surface area (Å²) in [6.07, 6.45) is 2.06. The molecule has 0 saturated carbocycles. The fourth-order valence-electron chi connectivity index (χ4n) is 3.85. The lowest BCUT2D eigenvalue weighted by molar-refractivity contribution is -0.123. The van der Waals surface area contributed by atoms with Gasteiger partial charge in [-0.15, -0.1) is 11.3 Å². The molecular formula is C18H29N3O2S. The van der Waals surface area contributed by atoms with Crippen molar-refractivity contribution >= 4 is 23.2 Å². The maximum atomic E-state index is 12.5. The van der Waals surface area contributed by atoms with Gasteiger partial charge in [0.25, 0.3) is 0 Å². The SMILES string of the molecule is CC(=O)N[C@@H](CC(=O)NC1CC(C)(C)NC(C)(C)C1)c1cccs1. The van der Waals surface area contributed by atoms with Gasteiger partial charge in [0.15, 0.2) is 0 Å². The van der Waals surface area contributed by atoms with Crippen LogP contribution in [0.15, 0.2) is 17.5 Å². The molecular weight excluding hydrogens is 322 g/mol. The smallest absolute Gasteiger partial charge is 0.222 e. The van der Waals surface area contributed by atoms with Gasteiger partial charge in [-0.25, -0.2) is 0 Å². The van der Waals surface area contributed by atoms with Crippen LogP contribution in [0.2, 0.25) is 0 Å². The highest BCUT2D eigenvalue weighted by molar-refractivity contribution is 7.10. The highest BCUT2D eigenvalue weighted by Gasteiger charge is 2.38. The van der Waals surface area contributed by atoms with Gasteiger partial charge in [0.2, 0.25) is 11.8 Å². The lowest BCUT2D eigenvalue weighted by Gasteiger charge is -2.46. The fraction of sp³-hybridized carbons (Fsp3) is 0.667. The number of piperidine rings is 1. The summed E-state index contributed by atoms with van der Waals surface area (Å²) in [7, 11) is 0. The summed E-state index contributed by atoms with van der Waals surface area (Å²) in [6, 6.07) is 3.77. The molecule has 1 aliphatic heterocycles. The van der Waals surface area contributed by atoms with E-state index in [1.807, 2.05) is 17.5 Å². The standard InChI is InChI=1S/C18H29N3O2S/c1-12(22)19-14(15-7-6-8-24-15)9-16(23)20-13-10-17(2,3)21-18(4,5)11-13/h6-8,13-14,21H,9-11H2,1-5H3,(H,19,22)(H,20,23)/t14-/m0/s1. The summed E-state index contributed by atoms with van der Waals surface area (Å²) in [5.41, 5.74) is -0.0189. The Kier molecular flexibility index (Phi) is 5.71. The van der Waals surface area contributed by atoms with E-state index in [1.165, 1.54) is 6.92 Å². The van der Waals surface area contributed by atoms with Gasteiger partial charge in [-0.05, 0) is 52.0 Å². The second kappa shape index (κ2) is 7.23. The number of nitrogens with one attached hydrogen (secondary N) is 3. The third kappa shape index (κ3) is 5.60. The van der Waals surface area contributed by atoms with E-state index in [9.17, 15) is 9.59 Å². The van der Waals surface area contributed by atoms with E-state index in [1.54, 1.807) is 11.3 Å². The number of carbonyl (C=O) groups is 2. The molecule has 0 aliphatic carbocycles. The molecule has 0 unspecified atom stereocenters. The van der Waals surface area contributed by atoms with E-state index in [4.69, 9.17) is 0 Å². The summed E-state index contributed by atoms with van der Waals surface area (Å²) >= 11 is 1.56. The van der Waals surface area contributed by atoms with Crippen LogP contribution in [0.5, 0.6) is 0 Å². The lowest BCUT2D eigenvalue weighted by atomic mass is 9.79. The van der Waals surface area contributed by atoms with Crippen molar-refractivity contribution < 1.29 is 9.59 Å². The molecule has 2 heterocycles. The summed E-state index contributed by atoms with van der Waals surface area (Å²) in [6.45, 7) is 10.1. The molecule has 1 aromatic rings. The van der Waals surface area contributed by atoms with Gasteiger partial charge in [0, 0.05) is 28.9 Å². The van der Waals surface area contributed by atoms with Gasteiger partial charge >= 0.3 is 0 Å². The van der Waals surface area contributed by atoms with Gasteiger partial charge in [-0.1, -0.05) is 6.07 Å². The molecule has 5 nitrogen and oxygen atoms in total. The Morgan fingerprint density at radius 3 is 2.42 bits per heavy atom. The first-order chi connectivity index (χ1) is 11.1. The molecule has 1 saturated heterocycles. The summed E-state index contributed by atoms with van der Waals surface area (Å²) in [5, 5.41) is 11.6. The third-order valence-corrected chi connectivity index (χ3v) is 5.19. The Morgan fingerprint density at radius 1 is 1.29 bits per heavy atom. The van der Waals surface area contributed by atoms with E-state index < -0.39 is 0 Å². The number of carbonyl (C=O) groups excluding carboxylic acids is 2. The number of amides is 2. The van der Waals surface area contributed by atoms with Gasteiger partial charge < -0.3 is 16.0 Å². The van der Waals surface area contributed by atoms with Gasteiger partial charge in [0.1, 0.15) is 0 Å². The quantitative estimate of drug-likeness (QED) is 0.764. The molecule has 0 spiro atoms. The predicted octanol–water partition coefficient (Wildman–Crippen LogP) is 2.74. The number of thiophene rings is 1. The van der Waals surface area contributed by atoms with Gasteiger partial charge in [0.05, 0.1) is 12.5 Å². The summed E-state index contributed by atoms with van der Waals surface area (Å²) in [4.78, 5) is 25.0. The molecule has 1 atom stereocenters. The van der Waals surface area contributed by atoms with Crippen LogP contribution >= 0.6 is 11.3 Å². The van der Waals surface area contributed by atoms with Crippen LogP contribution in [-0.2, 0) is 9.59 Å². The number of hydrogen-bond acceptors (Lipinski definition) is 4. The highest BCUT2D eigenvalue weighted by atomic mass is 32.1. The average Bonchev–Trinajstić information content (AvgIpc) is 2.86. The molecule has 1 fully saturated rings. The molecule has 2 rings (SSSR count). The average molecular weight is 352 g/mol. The van der Waals surface area contributed by atoms with Crippen LogP contribution in [0, 0.1) is 0 Å². The Bertz CT molecular complexity index is 565. The van der Waals surface area contributed by atoms with Crippen LogP contribution < -0.4 is 16.0 Å². The van der Waals surface area contributed by atoms with Gasteiger partial charge in [-0.3, -0.25) is 9.59 Å². The van der Waals surface area contributed by atoms with E-state index >= 15 is 0 Å². The zero-order valence-electron chi connectivity index (χ0n) is 15.2. The van der Waals surface area contributed by atoms with E-state index in [0.29, 0.717) is 0 Å². The Hall–Kier alpha value is -1.40. The van der Waals surface area contributed by atoms with E-state index in [2.05, 4.69) is 43.6 Å². The first-order valence-corrected chi connectivity index (χ1v) is 9.33. The van der Waals surface area contributed by atoms with Crippen molar-refractivity contribution in [2.45, 2.75) is 77.0 Å². The van der Waals surface area contributed by atoms with E-state index in [-0.39, 0.29) is 41.4 Å². The first kappa shape index (κ1) is 18.9. The number of rotatable bonds is 5. The van der Waals surface area contributed by atoms with Crippen molar-refractivity contribution in [3.8, 4) is 0 Å². The zero-order valence-corrected chi connectivity index (χ0v) is 16.0. The highest BCUT2D eigenvalue weighted by Crippen LogP contribution is 2.29. The van der Waals surface area contributed by atoms with Crippen LogP contribution in [0.4, 0.5) is 0 Å². The predicted molar refractivity (Wildman–Crippen MR) is 98.0 cm³/mol. The topological polar surface area (TPSA) is 70.2 Å². The molecule has 2 amide bonds. The number of hydrogen-bond donors (Lipinski definition) is 3. The van der Waals surface area contributed by atoms with Crippen molar-refractivity contribution in [1.82, 2.24) is 16.0 Å². The minimum absolute atomic E-state index is 0.00944. The second-order valence-electron chi connectivity index (χ2n) is 8.04. The Labute approximate surface area is 148 Å². The van der Waals surface area contributed by atoms with Crippen molar-refractivity contribution in [2.75, 3.05) is 0 Å². The summed E-state index contributed by atoms with van der Waals surface area (Å²) in [5.74, 6) is -0.133. The lowest BCUT2D eigenvalue weighted by Crippen LogP contribution is -2.62. The largest absolute Gasteiger partial charge is 0.353 e. The molecule has 134 valence electrons. The maximum absolute atomic E-state index is 12.5. The molecule has 1 aromatic heterocycles. The molecule has 1 aliphatic rings. The fourth-order valence-corrected chi connectivity index (χ4v) is 4.63. The van der Waals surface area contributed by atoms with Crippen LogP contribution in [0.1, 0.15) is 64.8 Å². The Balaban J connectivity index is 1.99.